The van der Waals surface area contributed by atoms with Crippen LogP contribution in [0.5, 0.6) is 0 Å². The van der Waals surface area contributed by atoms with Crippen molar-refractivity contribution in [1.29, 1.82) is 0 Å². The number of hydrogen-bond donors (Lipinski definition) is 3. The molecular weight excluding hydrogens is 851 g/mol. The zero-order valence-corrected chi connectivity index (χ0v) is 46.6. The van der Waals surface area contributed by atoms with Gasteiger partial charge in [0.15, 0.2) is 0 Å². The van der Waals surface area contributed by atoms with E-state index in [9.17, 15) is 19.8 Å². The van der Waals surface area contributed by atoms with Crippen molar-refractivity contribution in [3.05, 3.63) is 24.3 Å². The van der Waals surface area contributed by atoms with Crippen molar-refractivity contribution in [2.45, 2.75) is 353 Å². The number of esters is 1. The number of ether oxygens (including phenoxy) is 1. The Morgan fingerprint density at radius 3 is 1.03 bits per heavy atom. The Bertz CT molecular complexity index is 1080. The lowest BCUT2D eigenvalue weighted by Crippen LogP contribution is -2.45. The van der Waals surface area contributed by atoms with Gasteiger partial charge in [0.25, 0.3) is 0 Å². The molecule has 0 heterocycles. The number of allylic oxidation sites excluding steroid dienone is 3. The Kier molecular flexibility index (Phi) is 57.5. The molecule has 0 aromatic carbocycles. The maximum absolute atomic E-state index is 12.4. The molecule has 0 bridgehead atoms. The first kappa shape index (κ1) is 67.3. The van der Waals surface area contributed by atoms with Crippen LogP contribution in [-0.4, -0.2) is 47.4 Å². The summed E-state index contributed by atoms with van der Waals surface area (Å²) in [7, 11) is 0. The van der Waals surface area contributed by atoms with E-state index < -0.39 is 12.1 Å². The molecule has 0 aliphatic rings. The van der Waals surface area contributed by atoms with Crippen molar-refractivity contribution in [1.82, 2.24) is 5.32 Å². The third kappa shape index (κ3) is 55.5. The fourth-order valence-electron chi connectivity index (χ4n) is 9.69. The van der Waals surface area contributed by atoms with Gasteiger partial charge in [-0.05, 0) is 57.8 Å². The number of carbonyl (C=O) groups is 2. The van der Waals surface area contributed by atoms with Crippen LogP contribution < -0.4 is 5.32 Å². The molecule has 0 aliphatic heterocycles. The fraction of sp³-hybridized carbons (Fsp3) is 0.905. The molecule has 0 saturated heterocycles. The molecule has 0 spiro atoms. The number of unbranched alkanes of at least 4 members (excludes halogenated alkanes) is 45. The highest BCUT2D eigenvalue weighted by Crippen LogP contribution is 2.17. The summed E-state index contributed by atoms with van der Waals surface area (Å²) < 4.78 is 5.50. The molecule has 69 heavy (non-hydrogen) atoms. The van der Waals surface area contributed by atoms with E-state index >= 15 is 0 Å². The molecule has 1 amide bonds. The van der Waals surface area contributed by atoms with E-state index in [2.05, 4.69) is 31.3 Å². The standard InChI is InChI=1S/C63H121NO5/c1-3-5-7-9-11-13-15-17-18-25-29-33-37-41-45-49-53-57-63(68)69-58-54-50-46-42-38-34-30-27-24-22-20-19-21-23-26-28-32-36-40-44-48-52-56-62(67)64-60(59-65)61(66)55-51-47-43-39-35-31-16-14-12-10-8-6-4-2/h21,23,51,55,60-61,65-66H,3-20,22,24-50,52-54,56-59H2,1-2H3,(H,64,67)/b23-21-,55-51+. The Labute approximate surface area is 431 Å². The van der Waals surface area contributed by atoms with Crippen molar-refractivity contribution in [3.8, 4) is 0 Å². The summed E-state index contributed by atoms with van der Waals surface area (Å²) in [6.07, 6.45) is 72.2. The Morgan fingerprint density at radius 1 is 0.391 bits per heavy atom. The lowest BCUT2D eigenvalue weighted by molar-refractivity contribution is -0.143. The van der Waals surface area contributed by atoms with Gasteiger partial charge in [0, 0.05) is 12.8 Å². The molecule has 6 nitrogen and oxygen atoms in total. The van der Waals surface area contributed by atoms with Gasteiger partial charge in [-0.25, -0.2) is 0 Å². The molecule has 0 rings (SSSR count). The van der Waals surface area contributed by atoms with Crippen molar-refractivity contribution >= 4 is 11.9 Å². The summed E-state index contributed by atoms with van der Waals surface area (Å²) in [5, 5.41) is 23.1. The predicted octanol–water partition coefficient (Wildman–Crippen LogP) is 19.4. The van der Waals surface area contributed by atoms with Crippen LogP contribution >= 0.6 is 0 Å². The minimum Gasteiger partial charge on any atom is -0.466 e. The van der Waals surface area contributed by atoms with E-state index in [1.807, 2.05) is 6.08 Å². The second kappa shape index (κ2) is 58.9. The van der Waals surface area contributed by atoms with Gasteiger partial charge in [-0.3, -0.25) is 9.59 Å². The number of rotatable bonds is 58. The molecule has 2 atom stereocenters. The van der Waals surface area contributed by atoms with E-state index in [4.69, 9.17) is 4.74 Å². The van der Waals surface area contributed by atoms with Crippen LogP contribution in [0.1, 0.15) is 341 Å². The van der Waals surface area contributed by atoms with E-state index in [0.717, 1.165) is 44.9 Å². The highest BCUT2D eigenvalue weighted by atomic mass is 16.5. The zero-order chi connectivity index (χ0) is 50.0. The first-order valence-electron chi connectivity index (χ1n) is 31.1. The van der Waals surface area contributed by atoms with Gasteiger partial charge in [0.05, 0.1) is 25.4 Å². The first-order valence-corrected chi connectivity index (χ1v) is 31.1. The minimum absolute atomic E-state index is 0.0136. The SMILES string of the molecule is CCCCCCCCCCCCC/C=C/C(O)C(CO)NC(=O)CCCCCCCCC/C=C\CCCCCCCCCCCCCOC(=O)CCCCCCCCCCCCCCCCCCC. The van der Waals surface area contributed by atoms with E-state index in [1.54, 1.807) is 6.08 Å². The number of nitrogens with one attached hydrogen (secondary N) is 1. The number of amides is 1. The molecule has 3 N–H and O–H groups in total. The third-order valence-electron chi connectivity index (χ3n) is 14.5. The summed E-state index contributed by atoms with van der Waals surface area (Å²) in [5.74, 6) is -0.0607. The molecule has 6 heteroatoms. The maximum atomic E-state index is 12.4. The Morgan fingerprint density at radius 2 is 0.681 bits per heavy atom. The molecule has 0 saturated carbocycles. The number of hydrogen-bond acceptors (Lipinski definition) is 5. The van der Waals surface area contributed by atoms with E-state index in [0.29, 0.717) is 19.4 Å². The van der Waals surface area contributed by atoms with Crippen LogP contribution in [-0.2, 0) is 14.3 Å². The van der Waals surface area contributed by atoms with Crippen LogP contribution in [0, 0.1) is 0 Å². The van der Waals surface area contributed by atoms with Gasteiger partial charge in [0.1, 0.15) is 0 Å². The van der Waals surface area contributed by atoms with Gasteiger partial charge < -0.3 is 20.3 Å². The molecular formula is C63H121NO5. The van der Waals surface area contributed by atoms with Gasteiger partial charge in [-0.15, -0.1) is 0 Å². The molecule has 408 valence electrons. The van der Waals surface area contributed by atoms with Gasteiger partial charge in [0.2, 0.25) is 5.91 Å². The monoisotopic (exact) mass is 972 g/mol. The average Bonchev–Trinajstić information content (AvgIpc) is 3.35. The fourth-order valence-corrected chi connectivity index (χ4v) is 9.69. The van der Waals surface area contributed by atoms with Crippen LogP contribution in [0.2, 0.25) is 0 Å². The van der Waals surface area contributed by atoms with Crippen LogP contribution in [0.3, 0.4) is 0 Å². The van der Waals surface area contributed by atoms with Crippen molar-refractivity contribution in [2.75, 3.05) is 13.2 Å². The van der Waals surface area contributed by atoms with Gasteiger partial charge in [-0.2, -0.15) is 0 Å². The second-order valence-electron chi connectivity index (χ2n) is 21.4. The van der Waals surface area contributed by atoms with Crippen molar-refractivity contribution in [3.63, 3.8) is 0 Å². The summed E-state index contributed by atoms with van der Waals surface area (Å²) in [5.41, 5.74) is 0. The van der Waals surface area contributed by atoms with Crippen LogP contribution in [0.4, 0.5) is 0 Å². The molecule has 0 aliphatic carbocycles. The Balaban J connectivity index is 3.40. The average molecular weight is 973 g/mol. The normalized spacial score (nSPS) is 12.7. The lowest BCUT2D eigenvalue weighted by Gasteiger charge is -2.20. The van der Waals surface area contributed by atoms with E-state index in [1.165, 1.54) is 270 Å². The predicted molar refractivity (Wildman–Crippen MR) is 301 cm³/mol. The molecule has 0 aromatic heterocycles. The topological polar surface area (TPSA) is 95.9 Å². The summed E-state index contributed by atoms with van der Waals surface area (Å²) >= 11 is 0. The summed E-state index contributed by atoms with van der Waals surface area (Å²) in [6, 6.07) is -0.632. The van der Waals surface area contributed by atoms with Gasteiger partial charge >= 0.3 is 5.97 Å². The van der Waals surface area contributed by atoms with E-state index in [-0.39, 0.29) is 18.5 Å². The quantitative estimate of drug-likeness (QED) is 0.0321. The molecule has 2 unspecified atom stereocenters. The highest BCUT2D eigenvalue weighted by molar-refractivity contribution is 5.76. The maximum Gasteiger partial charge on any atom is 0.305 e. The largest absolute Gasteiger partial charge is 0.466 e. The molecule has 0 fully saturated rings. The Hall–Kier alpha value is -1.66. The number of aliphatic hydroxyl groups excluding tert-OH is 2. The third-order valence-corrected chi connectivity index (χ3v) is 14.5. The van der Waals surface area contributed by atoms with Crippen LogP contribution in [0.25, 0.3) is 0 Å². The van der Waals surface area contributed by atoms with Gasteiger partial charge in [-0.1, -0.05) is 295 Å². The zero-order valence-electron chi connectivity index (χ0n) is 46.6. The smallest absolute Gasteiger partial charge is 0.305 e. The molecule has 0 aromatic rings. The van der Waals surface area contributed by atoms with Crippen molar-refractivity contribution in [2.24, 2.45) is 0 Å². The summed E-state index contributed by atoms with van der Waals surface area (Å²) in [4.78, 5) is 24.5. The molecule has 0 radical (unpaired) electrons. The van der Waals surface area contributed by atoms with Crippen LogP contribution in [0.15, 0.2) is 24.3 Å². The number of aliphatic hydroxyl groups is 2. The van der Waals surface area contributed by atoms with Crippen molar-refractivity contribution < 1.29 is 24.5 Å². The lowest BCUT2D eigenvalue weighted by atomic mass is 10.0. The minimum atomic E-state index is -0.848. The number of carbonyl (C=O) groups excluding carboxylic acids is 2. The second-order valence-corrected chi connectivity index (χ2v) is 21.4. The summed E-state index contributed by atoms with van der Waals surface area (Å²) in [6.45, 7) is 4.92. The first-order chi connectivity index (χ1) is 34.0. The highest BCUT2D eigenvalue weighted by Gasteiger charge is 2.18.